The highest BCUT2D eigenvalue weighted by Gasteiger charge is 2.14. The van der Waals surface area contributed by atoms with Gasteiger partial charge in [0.2, 0.25) is 0 Å². The van der Waals surface area contributed by atoms with E-state index in [9.17, 15) is 5.11 Å². The Labute approximate surface area is 114 Å². The molecule has 1 unspecified atom stereocenters. The fourth-order valence-corrected chi connectivity index (χ4v) is 2.22. The molecule has 0 saturated heterocycles. The molecule has 0 radical (unpaired) electrons. The van der Waals surface area contributed by atoms with Crippen molar-refractivity contribution in [3.63, 3.8) is 0 Å². The predicted molar refractivity (Wildman–Crippen MR) is 72.4 cm³/mol. The van der Waals surface area contributed by atoms with Crippen molar-refractivity contribution >= 4 is 31.9 Å². The number of halogens is 2. The molecule has 0 aromatic carbocycles. The SMILES string of the molecule is CCCCCCCC(O)c1cc(Br)c(Br)o1. The van der Waals surface area contributed by atoms with Gasteiger partial charge in [-0.25, -0.2) is 0 Å². The van der Waals surface area contributed by atoms with Gasteiger partial charge < -0.3 is 9.52 Å². The monoisotopic (exact) mass is 352 g/mol. The zero-order chi connectivity index (χ0) is 12.0. The van der Waals surface area contributed by atoms with Gasteiger partial charge in [-0.2, -0.15) is 0 Å². The van der Waals surface area contributed by atoms with Crippen molar-refractivity contribution in [2.75, 3.05) is 0 Å². The molecule has 1 atom stereocenters. The summed E-state index contributed by atoms with van der Waals surface area (Å²) in [5.74, 6) is 0.634. The maximum absolute atomic E-state index is 9.88. The van der Waals surface area contributed by atoms with Crippen LogP contribution in [0.3, 0.4) is 0 Å². The summed E-state index contributed by atoms with van der Waals surface area (Å²) < 4.78 is 6.87. The second kappa shape index (κ2) is 7.51. The summed E-state index contributed by atoms with van der Waals surface area (Å²) in [5, 5.41) is 9.88. The van der Waals surface area contributed by atoms with Crippen LogP contribution < -0.4 is 0 Å². The highest BCUT2D eigenvalue weighted by molar-refractivity contribution is 9.13. The Hall–Kier alpha value is 0.200. The van der Waals surface area contributed by atoms with Gasteiger partial charge >= 0.3 is 0 Å². The second-order valence-corrected chi connectivity index (χ2v) is 5.56. The van der Waals surface area contributed by atoms with Gasteiger partial charge in [-0.15, -0.1) is 0 Å². The third-order valence-corrected chi connectivity index (χ3v) is 4.28. The number of furan rings is 1. The predicted octanol–water partition coefficient (Wildman–Crippen LogP) is 5.20. The van der Waals surface area contributed by atoms with Crippen LogP contribution in [0.1, 0.15) is 57.3 Å². The van der Waals surface area contributed by atoms with Crippen LogP contribution >= 0.6 is 31.9 Å². The summed E-state index contributed by atoms with van der Waals surface area (Å²) in [5.41, 5.74) is 0. The van der Waals surface area contributed by atoms with Crippen LogP contribution in [0.25, 0.3) is 0 Å². The number of hydrogen-bond donors (Lipinski definition) is 1. The van der Waals surface area contributed by atoms with Gasteiger partial charge in [0.15, 0.2) is 4.67 Å². The van der Waals surface area contributed by atoms with Gasteiger partial charge in [0.25, 0.3) is 0 Å². The van der Waals surface area contributed by atoms with E-state index in [0.717, 1.165) is 17.3 Å². The minimum absolute atomic E-state index is 0.482. The molecular weight excluding hydrogens is 336 g/mol. The van der Waals surface area contributed by atoms with E-state index in [0.29, 0.717) is 10.4 Å². The van der Waals surface area contributed by atoms with E-state index < -0.39 is 6.10 Å². The number of hydrogen-bond acceptors (Lipinski definition) is 2. The molecule has 1 aromatic heterocycles. The van der Waals surface area contributed by atoms with Gasteiger partial charge in [-0.1, -0.05) is 39.0 Å². The molecule has 92 valence electrons. The van der Waals surface area contributed by atoms with Crippen molar-refractivity contribution < 1.29 is 9.52 Å². The molecule has 1 rings (SSSR count). The molecular formula is C12H18Br2O2. The summed E-state index contributed by atoms with van der Waals surface area (Å²) in [6.45, 7) is 2.20. The van der Waals surface area contributed by atoms with Crippen LogP contribution in [-0.4, -0.2) is 5.11 Å². The van der Waals surface area contributed by atoms with Crippen molar-refractivity contribution in [2.24, 2.45) is 0 Å². The van der Waals surface area contributed by atoms with Crippen LogP contribution in [0.4, 0.5) is 0 Å². The molecule has 0 amide bonds. The fraction of sp³-hybridized carbons (Fsp3) is 0.667. The maximum Gasteiger partial charge on any atom is 0.183 e. The largest absolute Gasteiger partial charge is 0.450 e. The molecule has 0 aliphatic carbocycles. The lowest BCUT2D eigenvalue weighted by Gasteiger charge is -2.06. The Morgan fingerprint density at radius 2 is 1.94 bits per heavy atom. The molecule has 2 nitrogen and oxygen atoms in total. The molecule has 0 fully saturated rings. The topological polar surface area (TPSA) is 33.4 Å². The minimum Gasteiger partial charge on any atom is -0.450 e. The maximum atomic E-state index is 9.88. The lowest BCUT2D eigenvalue weighted by Crippen LogP contribution is -1.95. The van der Waals surface area contributed by atoms with E-state index in [-0.39, 0.29) is 0 Å². The minimum atomic E-state index is -0.482. The third kappa shape index (κ3) is 4.60. The molecule has 0 spiro atoms. The van der Waals surface area contributed by atoms with Gasteiger partial charge in [0, 0.05) is 0 Å². The molecule has 1 heterocycles. The van der Waals surface area contributed by atoms with E-state index in [4.69, 9.17) is 4.42 Å². The highest BCUT2D eigenvalue weighted by atomic mass is 79.9. The first-order valence-electron chi connectivity index (χ1n) is 5.78. The number of unbranched alkanes of at least 4 members (excludes halogenated alkanes) is 4. The first kappa shape index (κ1) is 14.3. The summed E-state index contributed by atoms with van der Waals surface area (Å²) >= 11 is 6.60. The average molecular weight is 354 g/mol. The standard InChI is InChI=1S/C12H18Br2O2/c1-2-3-4-5-6-7-10(15)11-8-9(13)12(14)16-11/h8,10,15H,2-7H2,1H3. The van der Waals surface area contributed by atoms with E-state index in [1.165, 1.54) is 25.7 Å². The lowest BCUT2D eigenvalue weighted by molar-refractivity contribution is 0.135. The Morgan fingerprint density at radius 3 is 2.50 bits per heavy atom. The van der Waals surface area contributed by atoms with Gasteiger partial charge in [0.1, 0.15) is 11.9 Å². The van der Waals surface area contributed by atoms with Crippen LogP contribution in [0.15, 0.2) is 19.6 Å². The van der Waals surface area contributed by atoms with E-state index in [1.807, 2.05) is 6.07 Å². The normalized spacial score (nSPS) is 13.0. The number of aliphatic hydroxyl groups is 1. The van der Waals surface area contributed by atoms with Gasteiger partial charge in [-0.05, 0) is 44.3 Å². The fourth-order valence-electron chi connectivity index (χ4n) is 1.61. The summed E-state index contributed by atoms with van der Waals surface area (Å²) in [4.78, 5) is 0. The zero-order valence-corrected chi connectivity index (χ0v) is 12.7. The average Bonchev–Trinajstić information content (AvgIpc) is 2.59. The number of aliphatic hydroxyl groups excluding tert-OH is 1. The van der Waals surface area contributed by atoms with Crippen molar-refractivity contribution in [3.05, 3.63) is 21.0 Å². The molecule has 4 heteroatoms. The molecule has 0 bridgehead atoms. The second-order valence-electron chi connectivity index (χ2n) is 3.99. The smallest absolute Gasteiger partial charge is 0.183 e. The highest BCUT2D eigenvalue weighted by Crippen LogP contribution is 2.31. The Kier molecular flexibility index (Phi) is 6.70. The van der Waals surface area contributed by atoms with E-state index >= 15 is 0 Å². The molecule has 1 N–H and O–H groups in total. The van der Waals surface area contributed by atoms with Gasteiger partial charge in [0.05, 0.1) is 4.47 Å². The summed E-state index contributed by atoms with van der Waals surface area (Å²) in [7, 11) is 0. The van der Waals surface area contributed by atoms with Crippen LogP contribution in [-0.2, 0) is 0 Å². The Balaban J connectivity index is 2.27. The molecule has 0 aliphatic heterocycles. The molecule has 16 heavy (non-hydrogen) atoms. The first-order valence-corrected chi connectivity index (χ1v) is 7.36. The summed E-state index contributed by atoms with van der Waals surface area (Å²) in [6.07, 6.45) is 6.33. The molecule has 1 aromatic rings. The van der Waals surface area contributed by atoms with Crippen molar-refractivity contribution in [2.45, 2.75) is 51.6 Å². The van der Waals surface area contributed by atoms with Crippen LogP contribution in [0.5, 0.6) is 0 Å². The molecule has 0 saturated carbocycles. The van der Waals surface area contributed by atoms with Crippen LogP contribution in [0.2, 0.25) is 0 Å². The third-order valence-electron chi connectivity index (χ3n) is 2.57. The van der Waals surface area contributed by atoms with Crippen molar-refractivity contribution in [1.82, 2.24) is 0 Å². The molecule has 0 aliphatic rings. The Morgan fingerprint density at radius 1 is 1.25 bits per heavy atom. The first-order chi connectivity index (χ1) is 7.65. The summed E-state index contributed by atoms with van der Waals surface area (Å²) in [6, 6.07) is 1.82. The van der Waals surface area contributed by atoms with Crippen molar-refractivity contribution in [1.29, 1.82) is 0 Å². The van der Waals surface area contributed by atoms with E-state index in [2.05, 4.69) is 38.8 Å². The van der Waals surface area contributed by atoms with E-state index in [1.54, 1.807) is 0 Å². The Bertz CT molecular complexity index is 290. The van der Waals surface area contributed by atoms with Gasteiger partial charge in [-0.3, -0.25) is 0 Å². The zero-order valence-electron chi connectivity index (χ0n) is 9.51. The van der Waals surface area contributed by atoms with Crippen LogP contribution in [0, 0.1) is 0 Å². The number of rotatable bonds is 7. The quantitative estimate of drug-likeness (QED) is 0.683. The van der Waals surface area contributed by atoms with Crippen molar-refractivity contribution in [3.8, 4) is 0 Å². The lowest BCUT2D eigenvalue weighted by atomic mass is 10.1.